The van der Waals surface area contributed by atoms with Crippen molar-refractivity contribution in [3.8, 4) is 0 Å². The van der Waals surface area contributed by atoms with Gasteiger partial charge in [0.25, 0.3) is 0 Å². The normalized spacial score (nSPS) is 13.8. The summed E-state index contributed by atoms with van der Waals surface area (Å²) in [5.41, 5.74) is 0. The first-order valence-corrected chi connectivity index (χ1v) is 5.62. The Kier molecular flexibility index (Phi) is 9.56. The molecule has 77 valence electrons. The van der Waals surface area contributed by atoms with E-state index >= 15 is 0 Å². The number of unbranched alkanes of at least 4 members (excludes halogenated alkanes) is 3. The van der Waals surface area contributed by atoms with Crippen LogP contribution in [0.2, 0.25) is 0 Å². The molecule has 1 atom stereocenters. The average Bonchev–Trinajstić information content (AvgIpc) is 2.16. The first-order valence-electron chi connectivity index (χ1n) is 5.62. The van der Waals surface area contributed by atoms with Crippen molar-refractivity contribution in [2.45, 2.75) is 64.9 Å². The Labute approximate surface area is 82.9 Å². The predicted octanol–water partition coefficient (Wildman–Crippen LogP) is 4.11. The van der Waals surface area contributed by atoms with Crippen molar-refractivity contribution in [1.82, 2.24) is 0 Å². The molecule has 1 radical (unpaired) electrons. The second kappa shape index (κ2) is 9.79. The Morgan fingerprint density at radius 2 is 1.77 bits per heavy atom. The van der Waals surface area contributed by atoms with Gasteiger partial charge in [-0.15, -0.1) is 0 Å². The summed E-state index contributed by atoms with van der Waals surface area (Å²) in [6.45, 7) is 4.16. The summed E-state index contributed by atoms with van der Waals surface area (Å²) >= 11 is 0. The van der Waals surface area contributed by atoms with Crippen LogP contribution >= 0.6 is 0 Å². The first-order chi connectivity index (χ1) is 6.31. The third kappa shape index (κ3) is 9.62. The van der Waals surface area contributed by atoms with Gasteiger partial charge in [0.15, 0.2) is 0 Å². The van der Waals surface area contributed by atoms with E-state index in [2.05, 4.69) is 19.1 Å². The van der Waals surface area contributed by atoms with Crippen LogP contribution in [0, 0.1) is 0 Å². The van der Waals surface area contributed by atoms with Gasteiger partial charge in [0.2, 0.25) is 0 Å². The number of hydrogen-bond donors (Lipinski definition) is 0. The van der Waals surface area contributed by atoms with Gasteiger partial charge in [0, 0.05) is 0 Å². The van der Waals surface area contributed by atoms with Gasteiger partial charge in [-0.3, -0.25) is 0 Å². The summed E-state index contributed by atoms with van der Waals surface area (Å²) in [5.74, 6) is 0. The molecule has 0 bridgehead atoms. The second-order valence-electron chi connectivity index (χ2n) is 3.57. The molecule has 0 aromatic rings. The van der Waals surface area contributed by atoms with Crippen LogP contribution < -0.4 is 0 Å². The monoisotopic (exact) mass is 183 g/mol. The predicted molar refractivity (Wildman–Crippen MR) is 57.3 cm³/mol. The van der Waals surface area contributed by atoms with E-state index in [0.717, 1.165) is 25.7 Å². The molecule has 13 heavy (non-hydrogen) atoms. The Morgan fingerprint density at radius 3 is 2.38 bits per heavy atom. The van der Waals surface area contributed by atoms with Gasteiger partial charge in [0.1, 0.15) is 0 Å². The molecule has 0 aromatic heterocycles. The van der Waals surface area contributed by atoms with Crippen molar-refractivity contribution in [2.75, 3.05) is 0 Å². The van der Waals surface area contributed by atoms with E-state index in [0.29, 0.717) is 0 Å². The van der Waals surface area contributed by atoms with Crippen LogP contribution in [0.25, 0.3) is 0 Å². The van der Waals surface area contributed by atoms with E-state index in [1.807, 2.05) is 6.92 Å². The quantitative estimate of drug-likeness (QED) is 0.398. The maximum absolute atomic E-state index is 11.0. The Balaban J connectivity index is 3.07. The average molecular weight is 183 g/mol. The van der Waals surface area contributed by atoms with Gasteiger partial charge in [-0.1, -0.05) is 38.8 Å². The third-order valence-corrected chi connectivity index (χ3v) is 2.22. The molecule has 0 heterocycles. The molecule has 1 nitrogen and oxygen atoms in total. The van der Waals surface area contributed by atoms with E-state index in [1.54, 1.807) is 0 Å². The van der Waals surface area contributed by atoms with Crippen molar-refractivity contribution < 1.29 is 5.11 Å². The Hall–Kier alpha value is -0.300. The molecule has 0 aliphatic rings. The molecule has 1 unspecified atom stereocenters. The molecule has 0 saturated carbocycles. The van der Waals surface area contributed by atoms with E-state index < -0.39 is 0 Å². The molecule has 0 fully saturated rings. The molecule has 0 saturated heterocycles. The standard InChI is InChI=1S/C12H23O/c1-3-5-6-7-8-9-10-11-12(13)4-2/h6-7,12H,3-5,8-11H2,1-2H3. The molecule has 0 aromatic carbocycles. The van der Waals surface area contributed by atoms with E-state index in [1.165, 1.54) is 19.3 Å². The van der Waals surface area contributed by atoms with Gasteiger partial charge < -0.3 is 0 Å². The number of allylic oxidation sites excluding steroid dienone is 2. The lowest BCUT2D eigenvalue weighted by Gasteiger charge is -2.02. The highest BCUT2D eigenvalue weighted by atomic mass is 16.3. The lowest BCUT2D eigenvalue weighted by Crippen LogP contribution is -2.00. The van der Waals surface area contributed by atoms with Crippen molar-refractivity contribution in [1.29, 1.82) is 0 Å². The Bertz CT molecular complexity index is 118. The Morgan fingerprint density at radius 1 is 1.08 bits per heavy atom. The van der Waals surface area contributed by atoms with E-state index in [-0.39, 0.29) is 6.10 Å². The molecular weight excluding hydrogens is 160 g/mol. The molecule has 0 spiro atoms. The summed E-state index contributed by atoms with van der Waals surface area (Å²) in [6, 6.07) is 0. The van der Waals surface area contributed by atoms with Gasteiger partial charge in [-0.25, -0.2) is 5.11 Å². The van der Waals surface area contributed by atoms with Crippen LogP contribution in [0.5, 0.6) is 0 Å². The molecule has 0 aliphatic carbocycles. The van der Waals surface area contributed by atoms with Crippen molar-refractivity contribution >= 4 is 0 Å². The van der Waals surface area contributed by atoms with Gasteiger partial charge in [-0.2, -0.15) is 0 Å². The van der Waals surface area contributed by atoms with Crippen molar-refractivity contribution in [2.24, 2.45) is 0 Å². The first kappa shape index (κ1) is 12.7. The maximum Gasteiger partial charge on any atom is 0.0927 e. The zero-order valence-corrected chi connectivity index (χ0v) is 9.09. The molecule has 0 aliphatic heterocycles. The van der Waals surface area contributed by atoms with E-state index in [4.69, 9.17) is 0 Å². The maximum atomic E-state index is 11.0. The second-order valence-corrected chi connectivity index (χ2v) is 3.57. The van der Waals surface area contributed by atoms with Crippen molar-refractivity contribution in [3.63, 3.8) is 0 Å². The smallest absolute Gasteiger partial charge is 0.0927 e. The van der Waals surface area contributed by atoms with Crippen LogP contribution in [0.3, 0.4) is 0 Å². The minimum atomic E-state index is -0.320. The summed E-state index contributed by atoms with van der Waals surface area (Å²) in [4.78, 5) is 0. The SMILES string of the molecule is CCCC=CCCCCC([O])CC. The fourth-order valence-electron chi connectivity index (χ4n) is 1.24. The lowest BCUT2D eigenvalue weighted by atomic mass is 10.1. The summed E-state index contributed by atoms with van der Waals surface area (Å²) in [5, 5.41) is 11.0. The summed E-state index contributed by atoms with van der Waals surface area (Å²) in [6.07, 6.45) is 11.7. The van der Waals surface area contributed by atoms with Gasteiger partial charge in [-0.05, 0) is 32.1 Å². The van der Waals surface area contributed by atoms with Crippen LogP contribution in [-0.4, -0.2) is 6.10 Å². The largest absolute Gasteiger partial charge is 0.233 e. The zero-order chi connectivity index (χ0) is 9.94. The highest BCUT2D eigenvalue weighted by Crippen LogP contribution is 2.07. The fourth-order valence-corrected chi connectivity index (χ4v) is 1.24. The molecule has 1 heteroatoms. The topological polar surface area (TPSA) is 19.9 Å². The third-order valence-electron chi connectivity index (χ3n) is 2.22. The minimum Gasteiger partial charge on any atom is -0.233 e. The van der Waals surface area contributed by atoms with Gasteiger partial charge in [0.05, 0.1) is 6.10 Å². The van der Waals surface area contributed by atoms with Crippen LogP contribution in [-0.2, 0) is 5.11 Å². The molecule has 0 rings (SSSR count). The highest BCUT2D eigenvalue weighted by molar-refractivity contribution is 4.80. The highest BCUT2D eigenvalue weighted by Gasteiger charge is 2.00. The number of rotatable bonds is 8. The molecular formula is C12H23O. The van der Waals surface area contributed by atoms with Crippen LogP contribution in [0.1, 0.15) is 58.8 Å². The number of hydrogen-bond acceptors (Lipinski definition) is 0. The van der Waals surface area contributed by atoms with Crippen molar-refractivity contribution in [3.05, 3.63) is 12.2 Å². The van der Waals surface area contributed by atoms with Crippen LogP contribution in [0.15, 0.2) is 12.2 Å². The lowest BCUT2D eigenvalue weighted by molar-refractivity contribution is 0.0758. The molecule has 0 amide bonds. The summed E-state index contributed by atoms with van der Waals surface area (Å²) in [7, 11) is 0. The van der Waals surface area contributed by atoms with E-state index in [9.17, 15) is 5.11 Å². The van der Waals surface area contributed by atoms with Gasteiger partial charge >= 0.3 is 0 Å². The molecule has 0 N–H and O–H groups in total. The minimum absolute atomic E-state index is 0.320. The fraction of sp³-hybridized carbons (Fsp3) is 0.833. The zero-order valence-electron chi connectivity index (χ0n) is 9.09. The van der Waals surface area contributed by atoms with Crippen LogP contribution in [0.4, 0.5) is 0 Å². The summed E-state index contributed by atoms with van der Waals surface area (Å²) < 4.78 is 0.